The van der Waals surface area contributed by atoms with Crippen LogP contribution in [0.25, 0.3) is 0 Å². The fourth-order valence-electron chi connectivity index (χ4n) is 3.37. The van der Waals surface area contributed by atoms with E-state index < -0.39 is 11.7 Å². The molecule has 0 spiro atoms. The van der Waals surface area contributed by atoms with Crippen LogP contribution in [0.15, 0.2) is 24.3 Å². The molecule has 1 atom stereocenters. The highest BCUT2D eigenvalue weighted by atomic mass is 19.4. The molecule has 2 rings (SSSR count). The van der Waals surface area contributed by atoms with Crippen LogP contribution in [0.3, 0.4) is 0 Å². The Morgan fingerprint density at radius 2 is 1.86 bits per heavy atom. The Balaban J connectivity index is 2.13. The highest BCUT2D eigenvalue weighted by Crippen LogP contribution is 2.37. The fraction of sp³-hybridized carbons (Fsp3) is 0.647. The van der Waals surface area contributed by atoms with Gasteiger partial charge in [-0.2, -0.15) is 13.2 Å². The van der Waals surface area contributed by atoms with Crippen molar-refractivity contribution in [1.29, 1.82) is 0 Å². The van der Waals surface area contributed by atoms with Gasteiger partial charge >= 0.3 is 6.18 Å². The van der Waals surface area contributed by atoms with Crippen LogP contribution in [0.2, 0.25) is 0 Å². The zero-order valence-corrected chi connectivity index (χ0v) is 12.5. The molecule has 118 valence electrons. The van der Waals surface area contributed by atoms with Crippen LogP contribution in [0.5, 0.6) is 0 Å². The molecule has 0 bridgehead atoms. The van der Waals surface area contributed by atoms with Crippen molar-refractivity contribution >= 4 is 0 Å². The maximum atomic E-state index is 13.2. The number of rotatable bonds is 6. The topological polar surface area (TPSA) is 12.0 Å². The average molecular weight is 299 g/mol. The van der Waals surface area contributed by atoms with Gasteiger partial charge in [-0.15, -0.1) is 0 Å². The molecule has 0 aromatic heterocycles. The molecule has 0 saturated heterocycles. The molecule has 0 heterocycles. The lowest BCUT2D eigenvalue weighted by molar-refractivity contribution is -0.138. The van der Waals surface area contributed by atoms with Gasteiger partial charge in [0.2, 0.25) is 0 Å². The molecule has 1 unspecified atom stereocenters. The van der Waals surface area contributed by atoms with Gasteiger partial charge in [-0.25, -0.2) is 0 Å². The monoisotopic (exact) mass is 299 g/mol. The molecule has 1 N–H and O–H groups in total. The number of hydrogen-bond acceptors (Lipinski definition) is 1. The molecule has 1 aromatic carbocycles. The van der Waals surface area contributed by atoms with Crippen molar-refractivity contribution in [2.45, 2.75) is 57.7 Å². The van der Waals surface area contributed by atoms with Crippen molar-refractivity contribution in [1.82, 2.24) is 5.32 Å². The van der Waals surface area contributed by atoms with E-state index in [0.29, 0.717) is 18.0 Å². The van der Waals surface area contributed by atoms with Crippen LogP contribution in [0.4, 0.5) is 13.2 Å². The van der Waals surface area contributed by atoms with E-state index in [1.807, 2.05) is 6.92 Å². The van der Waals surface area contributed by atoms with E-state index in [0.717, 1.165) is 12.8 Å². The van der Waals surface area contributed by atoms with Crippen molar-refractivity contribution in [3.05, 3.63) is 35.4 Å². The molecule has 1 saturated carbocycles. The Labute approximate surface area is 124 Å². The Kier molecular flexibility index (Phi) is 5.68. The van der Waals surface area contributed by atoms with Gasteiger partial charge in [0.15, 0.2) is 0 Å². The maximum Gasteiger partial charge on any atom is 0.416 e. The molecule has 0 radical (unpaired) electrons. The molecule has 21 heavy (non-hydrogen) atoms. The quantitative estimate of drug-likeness (QED) is 0.749. The first-order valence-corrected chi connectivity index (χ1v) is 7.92. The first-order valence-electron chi connectivity index (χ1n) is 7.92. The van der Waals surface area contributed by atoms with Crippen molar-refractivity contribution in [2.24, 2.45) is 5.92 Å². The third kappa shape index (κ3) is 4.47. The predicted octanol–water partition coefficient (Wildman–Crippen LogP) is 5.33. The van der Waals surface area contributed by atoms with Gasteiger partial charge in [0, 0.05) is 6.04 Å². The summed E-state index contributed by atoms with van der Waals surface area (Å²) < 4.78 is 39.5. The fourth-order valence-corrected chi connectivity index (χ4v) is 3.37. The summed E-state index contributed by atoms with van der Waals surface area (Å²) in [5.74, 6) is 0.698. The molecule has 4 heteroatoms. The van der Waals surface area contributed by atoms with E-state index >= 15 is 0 Å². The van der Waals surface area contributed by atoms with E-state index in [1.165, 1.54) is 37.8 Å². The van der Waals surface area contributed by atoms with E-state index in [-0.39, 0.29) is 6.04 Å². The summed E-state index contributed by atoms with van der Waals surface area (Å²) >= 11 is 0. The average Bonchev–Trinajstić information content (AvgIpc) is 2.96. The summed E-state index contributed by atoms with van der Waals surface area (Å²) in [6.45, 7) is 2.63. The SMILES string of the molecule is CCNC(CCC1CCCC1)c1ccccc1C(F)(F)F. The lowest BCUT2D eigenvalue weighted by Crippen LogP contribution is -2.24. The van der Waals surface area contributed by atoms with E-state index in [1.54, 1.807) is 12.1 Å². The second kappa shape index (κ2) is 7.30. The van der Waals surface area contributed by atoms with Gasteiger partial charge in [-0.1, -0.05) is 50.8 Å². The number of nitrogens with one attached hydrogen (secondary N) is 1. The molecular formula is C17H24F3N. The molecule has 1 aliphatic rings. The molecule has 0 aliphatic heterocycles. The van der Waals surface area contributed by atoms with Crippen LogP contribution in [0.1, 0.15) is 62.6 Å². The Bertz CT molecular complexity index is 436. The smallest absolute Gasteiger partial charge is 0.310 e. The summed E-state index contributed by atoms with van der Waals surface area (Å²) in [7, 11) is 0. The Morgan fingerprint density at radius 3 is 2.48 bits per heavy atom. The molecular weight excluding hydrogens is 275 g/mol. The standard InChI is InChI=1S/C17H24F3N/c1-2-21-16(12-11-13-7-3-4-8-13)14-9-5-6-10-15(14)17(18,19)20/h5-6,9-10,13,16,21H,2-4,7-8,11-12H2,1H3. The zero-order chi connectivity index (χ0) is 15.3. The van der Waals surface area contributed by atoms with Gasteiger partial charge in [0.05, 0.1) is 5.56 Å². The van der Waals surface area contributed by atoms with E-state index in [2.05, 4.69) is 5.32 Å². The summed E-state index contributed by atoms with van der Waals surface area (Å²) in [5.41, 5.74) is -0.104. The van der Waals surface area contributed by atoms with E-state index in [4.69, 9.17) is 0 Å². The number of hydrogen-bond donors (Lipinski definition) is 1. The van der Waals surface area contributed by atoms with Gasteiger partial charge in [-0.3, -0.25) is 0 Å². The van der Waals surface area contributed by atoms with Crippen molar-refractivity contribution < 1.29 is 13.2 Å². The van der Waals surface area contributed by atoms with Crippen LogP contribution < -0.4 is 5.32 Å². The minimum atomic E-state index is -4.28. The molecule has 0 amide bonds. The summed E-state index contributed by atoms with van der Waals surface area (Å²) in [4.78, 5) is 0. The van der Waals surface area contributed by atoms with Crippen LogP contribution in [-0.4, -0.2) is 6.54 Å². The van der Waals surface area contributed by atoms with Gasteiger partial charge in [0.25, 0.3) is 0 Å². The highest BCUT2D eigenvalue weighted by molar-refractivity contribution is 5.32. The number of halogens is 3. The van der Waals surface area contributed by atoms with Crippen LogP contribution in [-0.2, 0) is 6.18 Å². The molecule has 1 fully saturated rings. The van der Waals surface area contributed by atoms with E-state index in [9.17, 15) is 13.2 Å². The largest absolute Gasteiger partial charge is 0.416 e. The zero-order valence-electron chi connectivity index (χ0n) is 12.5. The van der Waals surface area contributed by atoms with Crippen LogP contribution >= 0.6 is 0 Å². The lowest BCUT2D eigenvalue weighted by atomic mass is 9.92. The third-order valence-corrected chi connectivity index (χ3v) is 4.43. The highest BCUT2D eigenvalue weighted by Gasteiger charge is 2.34. The number of benzene rings is 1. The first kappa shape index (κ1) is 16.3. The lowest BCUT2D eigenvalue weighted by Gasteiger charge is -2.23. The van der Waals surface area contributed by atoms with Crippen molar-refractivity contribution in [3.63, 3.8) is 0 Å². The second-order valence-corrected chi connectivity index (χ2v) is 5.92. The molecule has 1 aliphatic carbocycles. The van der Waals surface area contributed by atoms with Gasteiger partial charge in [0.1, 0.15) is 0 Å². The third-order valence-electron chi connectivity index (χ3n) is 4.43. The Hall–Kier alpha value is -1.03. The maximum absolute atomic E-state index is 13.2. The van der Waals surface area contributed by atoms with Crippen LogP contribution in [0, 0.1) is 5.92 Å². The molecule has 1 aromatic rings. The molecule has 1 nitrogen and oxygen atoms in total. The Morgan fingerprint density at radius 1 is 1.19 bits per heavy atom. The minimum Gasteiger partial charge on any atom is -0.310 e. The summed E-state index contributed by atoms with van der Waals surface area (Å²) in [6.07, 6.45) is 2.54. The van der Waals surface area contributed by atoms with Gasteiger partial charge < -0.3 is 5.32 Å². The second-order valence-electron chi connectivity index (χ2n) is 5.92. The summed E-state index contributed by atoms with van der Waals surface area (Å²) in [6, 6.07) is 5.77. The number of alkyl halides is 3. The minimum absolute atomic E-state index is 0.201. The first-order chi connectivity index (χ1) is 10.0. The van der Waals surface area contributed by atoms with Crippen molar-refractivity contribution in [2.75, 3.05) is 6.54 Å². The predicted molar refractivity (Wildman–Crippen MR) is 79.1 cm³/mol. The normalized spacial score (nSPS) is 18.1. The van der Waals surface area contributed by atoms with Gasteiger partial charge in [-0.05, 0) is 36.9 Å². The van der Waals surface area contributed by atoms with Crippen molar-refractivity contribution in [3.8, 4) is 0 Å². The summed E-state index contributed by atoms with van der Waals surface area (Å²) in [5, 5.41) is 3.24.